The van der Waals surface area contributed by atoms with E-state index in [0.717, 1.165) is 48.4 Å². The first-order valence-electron chi connectivity index (χ1n) is 13.5. The van der Waals surface area contributed by atoms with Crippen LogP contribution >= 0.6 is 0 Å². The summed E-state index contributed by atoms with van der Waals surface area (Å²) in [7, 11) is 1.89. The third-order valence-corrected chi connectivity index (χ3v) is 7.23. The average Bonchev–Trinajstić information content (AvgIpc) is 3.36. The molecule has 0 saturated heterocycles. The second-order valence-electron chi connectivity index (χ2n) is 10.0. The van der Waals surface area contributed by atoms with Crippen molar-refractivity contribution in [1.82, 2.24) is 5.32 Å². The minimum atomic E-state index is -0.108. The number of aryl methyl sites for hydroxylation is 1. The fourth-order valence-corrected chi connectivity index (χ4v) is 5.17. The lowest BCUT2D eigenvalue weighted by Gasteiger charge is -2.21. The van der Waals surface area contributed by atoms with Crippen molar-refractivity contribution in [1.29, 1.82) is 0 Å². The molecular formula is C32H39N3O2. The monoisotopic (exact) mass is 497 g/mol. The van der Waals surface area contributed by atoms with Crippen LogP contribution in [0, 0.1) is 0 Å². The lowest BCUT2D eigenvalue weighted by molar-refractivity contribution is 0.0948. The van der Waals surface area contributed by atoms with E-state index in [1.54, 1.807) is 6.26 Å². The summed E-state index contributed by atoms with van der Waals surface area (Å²) in [4.78, 5) is 22.5. The molecule has 5 heteroatoms. The lowest BCUT2D eigenvalue weighted by atomic mass is 9.89. The van der Waals surface area contributed by atoms with Gasteiger partial charge in [0.25, 0.3) is 5.91 Å². The Kier molecular flexibility index (Phi) is 9.47. The number of furan rings is 1. The molecule has 1 N–H and O–H groups in total. The quantitative estimate of drug-likeness (QED) is 0.372. The Hall–Kier alpha value is -3.47. The van der Waals surface area contributed by atoms with Crippen molar-refractivity contribution in [3.8, 4) is 0 Å². The van der Waals surface area contributed by atoms with Crippen molar-refractivity contribution >= 4 is 17.3 Å². The lowest BCUT2D eigenvalue weighted by Crippen LogP contribution is -2.22. The highest BCUT2D eigenvalue weighted by Crippen LogP contribution is 2.28. The van der Waals surface area contributed by atoms with Gasteiger partial charge in [-0.2, -0.15) is 0 Å². The molecule has 1 saturated carbocycles. The molecule has 1 amide bonds. The van der Waals surface area contributed by atoms with Gasteiger partial charge in [0.15, 0.2) is 0 Å². The van der Waals surface area contributed by atoms with E-state index >= 15 is 0 Å². The summed E-state index contributed by atoms with van der Waals surface area (Å²) in [6.07, 6.45) is 15.9. The van der Waals surface area contributed by atoms with Gasteiger partial charge in [0, 0.05) is 23.9 Å². The van der Waals surface area contributed by atoms with Crippen LogP contribution in [0.4, 0.5) is 0 Å². The zero-order valence-corrected chi connectivity index (χ0v) is 22.3. The molecule has 1 aromatic carbocycles. The molecule has 5 nitrogen and oxygen atoms in total. The van der Waals surface area contributed by atoms with E-state index in [4.69, 9.17) is 14.4 Å². The van der Waals surface area contributed by atoms with Crippen LogP contribution < -0.4 is 5.32 Å². The Morgan fingerprint density at radius 3 is 2.59 bits per heavy atom. The summed E-state index contributed by atoms with van der Waals surface area (Å²) in [6, 6.07) is 11.9. The highest BCUT2D eigenvalue weighted by molar-refractivity contribution is 6.29. The van der Waals surface area contributed by atoms with E-state index in [0.29, 0.717) is 18.2 Å². The minimum Gasteiger partial charge on any atom is -0.467 e. The van der Waals surface area contributed by atoms with E-state index in [9.17, 15) is 4.79 Å². The van der Waals surface area contributed by atoms with Crippen LogP contribution in [0.5, 0.6) is 0 Å². The standard InChI is InChI=1S/C32H39N3O2/c1-23(2)28-13-7-8-14-30(35-26-10-5-4-6-11-26)31(28)29(33-3)20-17-24-15-18-25(19-16-24)32(36)34-22-27-12-9-21-37-27/h8-9,12,14-16,18-19,21,26H,1,4-7,10-11,13,17,20,22H2,2-3H3,(H,34,36). The first-order chi connectivity index (χ1) is 18.0. The molecule has 2 aliphatic carbocycles. The Bertz CT molecular complexity index is 1190. The summed E-state index contributed by atoms with van der Waals surface area (Å²) in [6.45, 7) is 6.78. The molecular weight excluding hydrogens is 458 g/mol. The molecule has 2 aromatic rings. The predicted octanol–water partition coefficient (Wildman–Crippen LogP) is 7.21. The Labute approximate surface area is 221 Å². The molecule has 194 valence electrons. The van der Waals surface area contributed by atoms with Gasteiger partial charge in [-0.15, -0.1) is 0 Å². The van der Waals surface area contributed by atoms with E-state index in [1.165, 1.54) is 48.8 Å². The normalized spacial score (nSPS) is 18.2. The number of nitrogens with one attached hydrogen (secondary N) is 1. The van der Waals surface area contributed by atoms with Gasteiger partial charge < -0.3 is 9.73 Å². The maximum Gasteiger partial charge on any atom is 0.251 e. The topological polar surface area (TPSA) is 67.0 Å². The molecule has 0 unspecified atom stereocenters. The molecule has 0 aliphatic heterocycles. The molecule has 4 rings (SSSR count). The maximum atomic E-state index is 12.5. The molecule has 0 atom stereocenters. The number of allylic oxidation sites excluding steroid dienone is 5. The van der Waals surface area contributed by atoms with E-state index < -0.39 is 0 Å². The van der Waals surface area contributed by atoms with E-state index in [1.807, 2.05) is 43.4 Å². The molecule has 37 heavy (non-hydrogen) atoms. The first-order valence-corrected chi connectivity index (χ1v) is 13.5. The van der Waals surface area contributed by atoms with Crippen molar-refractivity contribution < 1.29 is 9.21 Å². The summed E-state index contributed by atoms with van der Waals surface area (Å²) in [5.74, 6) is 0.628. The molecule has 2 aliphatic rings. The number of nitrogens with zero attached hydrogens (tertiary/aromatic N) is 2. The van der Waals surface area contributed by atoms with Gasteiger partial charge in [-0.1, -0.05) is 49.6 Å². The van der Waals surface area contributed by atoms with Gasteiger partial charge in [0.1, 0.15) is 5.76 Å². The van der Waals surface area contributed by atoms with Gasteiger partial charge in [-0.05, 0) is 86.9 Å². The summed E-state index contributed by atoms with van der Waals surface area (Å²) >= 11 is 0. The van der Waals surface area contributed by atoms with Crippen molar-refractivity contribution in [3.05, 3.63) is 95.0 Å². The largest absolute Gasteiger partial charge is 0.467 e. The highest BCUT2D eigenvalue weighted by Gasteiger charge is 2.22. The van der Waals surface area contributed by atoms with Gasteiger partial charge in [0.05, 0.1) is 24.6 Å². The molecule has 0 radical (unpaired) electrons. The van der Waals surface area contributed by atoms with Crippen LogP contribution in [0.15, 0.2) is 92.5 Å². The van der Waals surface area contributed by atoms with Gasteiger partial charge in [0.2, 0.25) is 0 Å². The van der Waals surface area contributed by atoms with E-state index in [2.05, 4.69) is 31.0 Å². The third kappa shape index (κ3) is 7.28. The van der Waals surface area contributed by atoms with Gasteiger partial charge in [-0.3, -0.25) is 14.8 Å². The minimum absolute atomic E-state index is 0.108. The summed E-state index contributed by atoms with van der Waals surface area (Å²) < 4.78 is 5.29. The Morgan fingerprint density at radius 2 is 1.92 bits per heavy atom. The smallest absolute Gasteiger partial charge is 0.251 e. The van der Waals surface area contributed by atoms with Crippen molar-refractivity contribution in [3.63, 3.8) is 0 Å². The number of amides is 1. The van der Waals surface area contributed by atoms with Crippen LogP contribution in [0.1, 0.15) is 80.0 Å². The summed E-state index contributed by atoms with van der Waals surface area (Å²) in [5, 5.41) is 2.90. The maximum absolute atomic E-state index is 12.5. The molecule has 1 fully saturated rings. The number of rotatable bonds is 9. The van der Waals surface area contributed by atoms with Gasteiger partial charge in [-0.25, -0.2) is 0 Å². The molecule has 0 spiro atoms. The summed E-state index contributed by atoms with van der Waals surface area (Å²) in [5.41, 5.74) is 7.54. The SMILES string of the molecule is C=C(C)C1=C(C(CCc2ccc(C(=O)NCc3ccco3)cc2)=NC)C(=NC2CCCCC2)C=CCC1. The highest BCUT2D eigenvalue weighted by atomic mass is 16.3. The van der Waals surface area contributed by atoms with Crippen molar-refractivity contribution in [2.75, 3.05) is 7.05 Å². The molecule has 0 bridgehead atoms. The zero-order chi connectivity index (χ0) is 26.0. The number of aliphatic imine (C=N–C) groups is 2. The fourth-order valence-electron chi connectivity index (χ4n) is 5.17. The molecule has 1 aromatic heterocycles. The molecule has 1 heterocycles. The fraction of sp³-hybridized carbons (Fsp3) is 0.406. The zero-order valence-electron chi connectivity index (χ0n) is 22.3. The number of benzene rings is 1. The van der Waals surface area contributed by atoms with Crippen LogP contribution in [0.3, 0.4) is 0 Å². The second-order valence-corrected chi connectivity index (χ2v) is 10.0. The average molecular weight is 498 g/mol. The van der Waals surface area contributed by atoms with E-state index in [-0.39, 0.29) is 5.91 Å². The first kappa shape index (κ1) is 26.6. The van der Waals surface area contributed by atoms with Crippen LogP contribution in [0.2, 0.25) is 0 Å². The number of hydrogen-bond donors (Lipinski definition) is 1. The van der Waals surface area contributed by atoms with Gasteiger partial charge >= 0.3 is 0 Å². The predicted molar refractivity (Wildman–Crippen MR) is 153 cm³/mol. The third-order valence-electron chi connectivity index (χ3n) is 7.23. The van der Waals surface area contributed by atoms with Crippen LogP contribution in [-0.2, 0) is 13.0 Å². The van der Waals surface area contributed by atoms with Crippen LogP contribution in [0.25, 0.3) is 0 Å². The Morgan fingerprint density at radius 1 is 1.14 bits per heavy atom. The second kappa shape index (κ2) is 13.2. The number of carbonyl (C=O) groups excluding carboxylic acids is 1. The van der Waals surface area contributed by atoms with Crippen molar-refractivity contribution in [2.45, 2.75) is 77.3 Å². The number of carbonyl (C=O) groups is 1. The van der Waals surface area contributed by atoms with Crippen LogP contribution in [-0.4, -0.2) is 30.4 Å². The van der Waals surface area contributed by atoms with Crippen molar-refractivity contribution in [2.24, 2.45) is 9.98 Å². The number of hydrogen-bond acceptors (Lipinski definition) is 4. The Balaban J connectivity index is 1.47.